The number of nitrogens with zero attached hydrogens (tertiary/aromatic N) is 2. The molecule has 0 spiro atoms. The lowest BCUT2D eigenvalue weighted by Crippen LogP contribution is -2.50. The molecule has 1 aliphatic carbocycles. The topological polar surface area (TPSA) is 52.7 Å². The average molecular weight is 347 g/mol. The monoisotopic (exact) mass is 347 g/mol. The first-order valence-electron chi connectivity index (χ1n) is 9.19. The second-order valence-electron chi connectivity index (χ2n) is 6.93. The zero-order valence-electron chi connectivity index (χ0n) is 14.5. The van der Waals surface area contributed by atoms with Gasteiger partial charge in [-0.2, -0.15) is 0 Å². The van der Waals surface area contributed by atoms with Gasteiger partial charge in [0.05, 0.1) is 5.69 Å². The van der Waals surface area contributed by atoms with E-state index in [1.165, 1.54) is 18.9 Å². The van der Waals surface area contributed by atoms with Crippen molar-refractivity contribution in [1.82, 2.24) is 9.80 Å². The van der Waals surface area contributed by atoms with Crippen LogP contribution in [0.3, 0.4) is 0 Å². The van der Waals surface area contributed by atoms with Gasteiger partial charge in [-0.25, -0.2) is 4.39 Å². The summed E-state index contributed by atoms with van der Waals surface area (Å²) in [6, 6.07) is 6.17. The molecule has 1 aromatic rings. The first-order valence-corrected chi connectivity index (χ1v) is 9.19. The van der Waals surface area contributed by atoms with Gasteiger partial charge >= 0.3 is 0 Å². The van der Waals surface area contributed by atoms with Crippen molar-refractivity contribution >= 4 is 17.5 Å². The van der Waals surface area contributed by atoms with Crippen LogP contribution in [0.2, 0.25) is 0 Å². The minimum Gasteiger partial charge on any atom is -0.340 e. The average Bonchev–Trinajstić information content (AvgIpc) is 3.16. The molecule has 1 aliphatic heterocycles. The molecule has 0 atom stereocenters. The maximum atomic E-state index is 13.5. The highest BCUT2D eigenvalue weighted by Gasteiger charge is 2.29. The summed E-state index contributed by atoms with van der Waals surface area (Å²) in [4.78, 5) is 28.6. The van der Waals surface area contributed by atoms with E-state index in [0.717, 1.165) is 39.0 Å². The van der Waals surface area contributed by atoms with Crippen LogP contribution >= 0.6 is 0 Å². The highest BCUT2D eigenvalue weighted by Crippen LogP contribution is 2.26. The molecule has 6 heteroatoms. The van der Waals surface area contributed by atoms with E-state index in [1.54, 1.807) is 18.2 Å². The van der Waals surface area contributed by atoms with Gasteiger partial charge in [-0.05, 0) is 25.0 Å². The van der Waals surface area contributed by atoms with Crippen LogP contribution in [0.4, 0.5) is 10.1 Å². The Morgan fingerprint density at radius 1 is 1.08 bits per heavy atom. The summed E-state index contributed by atoms with van der Waals surface area (Å²) in [6.45, 7) is 3.71. The first kappa shape index (κ1) is 17.9. The Hall–Kier alpha value is -1.95. The number of benzene rings is 1. The van der Waals surface area contributed by atoms with Gasteiger partial charge in [-0.15, -0.1) is 0 Å². The molecule has 2 amide bonds. The number of piperazine rings is 1. The van der Waals surface area contributed by atoms with Gasteiger partial charge in [-0.1, -0.05) is 25.0 Å². The molecule has 136 valence electrons. The summed E-state index contributed by atoms with van der Waals surface area (Å²) in [6.07, 6.45) is 4.75. The van der Waals surface area contributed by atoms with E-state index in [1.807, 2.05) is 4.90 Å². The highest BCUT2D eigenvalue weighted by atomic mass is 19.1. The molecule has 0 radical (unpaired) electrons. The molecule has 25 heavy (non-hydrogen) atoms. The minimum absolute atomic E-state index is 0.186. The zero-order valence-corrected chi connectivity index (χ0v) is 14.5. The number of rotatable bonds is 5. The smallest absolute Gasteiger partial charge is 0.225 e. The molecular formula is C19H26FN3O2. The predicted molar refractivity (Wildman–Crippen MR) is 94.6 cm³/mol. The molecule has 2 aliphatic rings. The second-order valence-corrected chi connectivity index (χ2v) is 6.93. The number of carbonyl (C=O) groups is 2. The minimum atomic E-state index is -0.421. The Labute approximate surface area is 148 Å². The van der Waals surface area contributed by atoms with Gasteiger partial charge in [0.2, 0.25) is 11.8 Å². The lowest BCUT2D eigenvalue weighted by Gasteiger charge is -2.35. The summed E-state index contributed by atoms with van der Waals surface area (Å²) < 4.78 is 13.5. The first-order chi connectivity index (χ1) is 12.1. The second kappa shape index (κ2) is 8.43. The number of para-hydroxylation sites is 1. The number of hydrogen-bond acceptors (Lipinski definition) is 3. The number of hydrogen-bond donors (Lipinski definition) is 1. The Balaban J connectivity index is 1.38. The number of anilines is 1. The van der Waals surface area contributed by atoms with Crippen LogP contribution in [0.15, 0.2) is 24.3 Å². The fraction of sp³-hybridized carbons (Fsp3) is 0.579. The van der Waals surface area contributed by atoms with Gasteiger partial charge in [0.1, 0.15) is 5.82 Å². The summed E-state index contributed by atoms with van der Waals surface area (Å²) >= 11 is 0. The molecule has 1 heterocycles. The van der Waals surface area contributed by atoms with Crippen molar-refractivity contribution in [3.63, 3.8) is 0 Å². The van der Waals surface area contributed by atoms with E-state index in [4.69, 9.17) is 0 Å². The van der Waals surface area contributed by atoms with Crippen molar-refractivity contribution in [3.8, 4) is 0 Å². The Bertz CT molecular complexity index is 608. The summed E-state index contributed by atoms with van der Waals surface area (Å²) in [7, 11) is 0. The van der Waals surface area contributed by atoms with E-state index < -0.39 is 5.82 Å². The van der Waals surface area contributed by atoms with Crippen molar-refractivity contribution < 1.29 is 14.0 Å². The fourth-order valence-electron chi connectivity index (χ4n) is 3.66. The lowest BCUT2D eigenvalue weighted by atomic mass is 10.1. The molecular weight excluding hydrogens is 321 g/mol. The lowest BCUT2D eigenvalue weighted by molar-refractivity contribution is -0.137. The van der Waals surface area contributed by atoms with Gasteiger partial charge in [0.15, 0.2) is 0 Å². The molecule has 1 N–H and O–H groups in total. The number of amides is 2. The van der Waals surface area contributed by atoms with Crippen molar-refractivity contribution in [2.75, 3.05) is 38.0 Å². The molecule has 1 saturated heterocycles. The molecule has 3 rings (SSSR count). The van der Waals surface area contributed by atoms with Crippen molar-refractivity contribution in [2.24, 2.45) is 5.92 Å². The van der Waals surface area contributed by atoms with Gasteiger partial charge in [0.25, 0.3) is 0 Å². The third kappa shape index (κ3) is 4.78. The highest BCUT2D eigenvalue weighted by molar-refractivity contribution is 5.90. The molecule has 1 saturated carbocycles. The molecule has 0 unspecified atom stereocenters. The van der Waals surface area contributed by atoms with E-state index >= 15 is 0 Å². The largest absolute Gasteiger partial charge is 0.340 e. The van der Waals surface area contributed by atoms with Crippen LogP contribution in [0, 0.1) is 11.7 Å². The van der Waals surface area contributed by atoms with Gasteiger partial charge in [-0.3, -0.25) is 14.5 Å². The summed E-state index contributed by atoms with van der Waals surface area (Å²) in [5.74, 6) is -0.0583. The van der Waals surface area contributed by atoms with Crippen molar-refractivity contribution in [3.05, 3.63) is 30.1 Å². The molecule has 1 aromatic carbocycles. The van der Waals surface area contributed by atoms with Gasteiger partial charge < -0.3 is 10.2 Å². The number of nitrogens with one attached hydrogen (secondary N) is 1. The predicted octanol–water partition coefficient (Wildman–Crippen LogP) is 2.49. The molecule has 5 nitrogen and oxygen atoms in total. The molecule has 0 bridgehead atoms. The molecule has 2 fully saturated rings. The van der Waals surface area contributed by atoms with Crippen LogP contribution < -0.4 is 5.32 Å². The molecule has 0 aromatic heterocycles. The van der Waals surface area contributed by atoms with Gasteiger partial charge in [0, 0.05) is 45.1 Å². The maximum absolute atomic E-state index is 13.5. The van der Waals surface area contributed by atoms with Crippen LogP contribution in [0.25, 0.3) is 0 Å². The number of halogens is 1. The van der Waals surface area contributed by atoms with Crippen LogP contribution in [-0.2, 0) is 9.59 Å². The maximum Gasteiger partial charge on any atom is 0.225 e. The summed E-state index contributed by atoms with van der Waals surface area (Å²) in [5, 5.41) is 2.61. The van der Waals surface area contributed by atoms with Crippen LogP contribution in [-0.4, -0.2) is 54.3 Å². The van der Waals surface area contributed by atoms with E-state index in [9.17, 15) is 14.0 Å². The Kier molecular flexibility index (Phi) is 6.02. The van der Waals surface area contributed by atoms with Crippen LogP contribution in [0.1, 0.15) is 32.1 Å². The quantitative estimate of drug-likeness (QED) is 0.890. The SMILES string of the molecule is O=C(CCN1CCN(C(=O)C2CCCC2)CC1)Nc1ccccc1F. The third-order valence-electron chi connectivity index (χ3n) is 5.19. The van der Waals surface area contributed by atoms with E-state index in [-0.39, 0.29) is 17.5 Å². The van der Waals surface area contributed by atoms with E-state index in [2.05, 4.69) is 10.2 Å². The van der Waals surface area contributed by atoms with E-state index in [0.29, 0.717) is 18.9 Å². The standard InChI is InChI=1S/C19H26FN3O2/c20-16-7-3-4-8-17(16)21-18(24)9-10-22-11-13-23(14-12-22)19(25)15-5-1-2-6-15/h3-4,7-8,15H,1-2,5-6,9-14H2,(H,21,24). The zero-order chi connectivity index (χ0) is 17.6. The normalized spacial score (nSPS) is 19.2. The Morgan fingerprint density at radius 3 is 2.44 bits per heavy atom. The third-order valence-corrected chi connectivity index (χ3v) is 5.19. The van der Waals surface area contributed by atoms with Crippen molar-refractivity contribution in [1.29, 1.82) is 0 Å². The van der Waals surface area contributed by atoms with Crippen LogP contribution in [0.5, 0.6) is 0 Å². The fourth-order valence-corrected chi connectivity index (χ4v) is 3.66. The Morgan fingerprint density at radius 2 is 1.76 bits per heavy atom. The summed E-state index contributed by atoms with van der Waals surface area (Å²) in [5.41, 5.74) is 0.222. The van der Waals surface area contributed by atoms with Crippen molar-refractivity contribution in [2.45, 2.75) is 32.1 Å². The number of carbonyl (C=O) groups excluding carboxylic acids is 2.